The molecule has 5 nitrogen and oxygen atoms in total. The van der Waals surface area contributed by atoms with Gasteiger partial charge in [-0.15, -0.1) is 12.3 Å². The van der Waals surface area contributed by atoms with Gasteiger partial charge in [0.15, 0.2) is 0 Å². The highest BCUT2D eigenvalue weighted by molar-refractivity contribution is 5.74. The van der Waals surface area contributed by atoms with Crippen molar-refractivity contribution in [3.8, 4) is 12.3 Å². The van der Waals surface area contributed by atoms with Crippen LogP contribution in [0.1, 0.15) is 44.9 Å². The first kappa shape index (κ1) is 16.4. The highest BCUT2D eigenvalue weighted by Crippen LogP contribution is 2.20. The van der Waals surface area contributed by atoms with Gasteiger partial charge in [-0.3, -0.25) is 4.79 Å². The molecule has 0 bridgehead atoms. The molecule has 1 rings (SSSR count). The Balaban J connectivity index is 2.22. The number of carbonyl (C=O) groups excluding carboxylic acids is 1. The number of carboxylic acid groups (broad SMARTS) is 1. The van der Waals surface area contributed by atoms with Crippen LogP contribution in [0.25, 0.3) is 0 Å². The van der Waals surface area contributed by atoms with Crippen molar-refractivity contribution in [2.75, 3.05) is 19.6 Å². The van der Waals surface area contributed by atoms with Crippen LogP contribution >= 0.6 is 0 Å². The molecule has 0 aromatic rings. The number of likely N-dealkylation sites (tertiary alicyclic amines) is 1. The number of nitrogens with zero attached hydrogens (tertiary/aromatic N) is 1. The number of piperidine rings is 1. The summed E-state index contributed by atoms with van der Waals surface area (Å²) in [5, 5.41) is 11.6. The number of aliphatic carboxylic acids is 1. The molecule has 1 unspecified atom stereocenters. The first-order valence-corrected chi connectivity index (χ1v) is 7.31. The molecule has 5 heteroatoms. The molecule has 1 fully saturated rings. The standard InChI is InChI=1S/C15H24N2O3/c1-2-3-4-5-10-16-15(20)17-11-6-7-13(12-17)8-9-14(18)19/h1,13H,3-12H2,(H,16,20)(H,18,19). The molecule has 0 radical (unpaired) electrons. The summed E-state index contributed by atoms with van der Waals surface area (Å²) < 4.78 is 0. The Morgan fingerprint density at radius 2 is 2.20 bits per heavy atom. The van der Waals surface area contributed by atoms with Crippen LogP contribution in [0.5, 0.6) is 0 Å². The fourth-order valence-electron chi connectivity index (χ4n) is 2.47. The number of carboxylic acids is 1. The maximum Gasteiger partial charge on any atom is 0.317 e. The van der Waals surface area contributed by atoms with Gasteiger partial charge in [0.1, 0.15) is 0 Å². The number of rotatable bonds is 7. The molecular formula is C15H24N2O3. The van der Waals surface area contributed by atoms with Crippen LogP contribution in [0, 0.1) is 18.3 Å². The normalized spacial score (nSPS) is 18.4. The molecule has 0 aliphatic carbocycles. The minimum atomic E-state index is -0.764. The minimum Gasteiger partial charge on any atom is -0.481 e. The van der Waals surface area contributed by atoms with Crippen molar-refractivity contribution in [2.24, 2.45) is 5.92 Å². The Morgan fingerprint density at radius 3 is 2.90 bits per heavy atom. The van der Waals surface area contributed by atoms with Gasteiger partial charge >= 0.3 is 12.0 Å². The molecule has 1 aliphatic heterocycles. The number of urea groups is 1. The van der Waals surface area contributed by atoms with Crippen LogP contribution in [-0.2, 0) is 4.79 Å². The predicted octanol–water partition coefficient (Wildman–Crippen LogP) is 2.08. The molecule has 112 valence electrons. The summed E-state index contributed by atoms with van der Waals surface area (Å²) in [6, 6.07) is -0.0364. The van der Waals surface area contributed by atoms with Crippen LogP contribution < -0.4 is 5.32 Å². The van der Waals surface area contributed by atoms with E-state index in [0.717, 1.165) is 38.6 Å². The maximum atomic E-state index is 12.0. The third kappa shape index (κ3) is 6.46. The fraction of sp³-hybridized carbons (Fsp3) is 0.733. The molecule has 2 N–H and O–H groups in total. The molecule has 0 saturated carbocycles. The Bertz CT molecular complexity index is 363. The van der Waals surface area contributed by atoms with Crippen molar-refractivity contribution < 1.29 is 14.7 Å². The molecule has 20 heavy (non-hydrogen) atoms. The van der Waals surface area contributed by atoms with Crippen LogP contribution in [0.2, 0.25) is 0 Å². The second kappa shape index (κ2) is 9.24. The largest absolute Gasteiger partial charge is 0.481 e. The van der Waals surface area contributed by atoms with Gasteiger partial charge in [0.05, 0.1) is 0 Å². The van der Waals surface area contributed by atoms with Crippen LogP contribution in [0.15, 0.2) is 0 Å². The zero-order valence-corrected chi connectivity index (χ0v) is 11.9. The molecule has 1 atom stereocenters. The zero-order valence-electron chi connectivity index (χ0n) is 11.9. The zero-order chi connectivity index (χ0) is 14.8. The maximum absolute atomic E-state index is 12.0. The molecule has 1 aliphatic rings. The van der Waals surface area contributed by atoms with E-state index in [-0.39, 0.29) is 12.5 Å². The van der Waals surface area contributed by atoms with Crippen LogP contribution in [0.3, 0.4) is 0 Å². The average Bonchev–Trinajstić information content (AvgIpc) is 2.45. The van der Waals surface area contributed by atoms with E-state index < -0.39 is 5.97 Å². The number of amides is 2. The number of hydrogen-bond donors (Lipinski definition) is 2. The molecule has 0 aromatic carbocycles. The van der Waals surface area contributed by atoms with Gasteiger partial charge in [0, 0.05) is 32.5 Å². The van der Waals surface area contributed by atoms with Crippen molar-refractivity contribution in [3.05, 3.63) is 0 Å². The Morgan fingerprint density at radius 1 is 1.40 bits per heavy atom. The van der Waals surface area contributed by atoms with E-state index in [9.17, 15) is 9.59 Å². The number of carbonyl (C=O) groups is 2. The summed E-state index contributed by atoms with van der Waals surface area (Å²) in [6.45, 7) is 2.08. The van der Waals surface area contributed by atoms with E-state index >= 15 is 0 Å². The molecule has 0 spiro atoms. The number of unbranched alkanes of at least 4 members (excludes halogenated alkanes) is 2. The summed E-state index contributed by atoms with van der Waals surface area (Å²) in [5.74, 6) is 2.13. The molecule has 1 heterocycles. The van der Waals surface area contributed by atoms with Crippen LogP contribution in [0.4, 0.5) is 4.79 Å². The quantitative estimate of drug-likeness (QED) is 0.554. The second-order valence-corrected chi connectivity index (χ2v) is 5.28. The number of nitrogens with one attached hydrogen (secondary N) is 1. The van der Waals surface area contributed by atoms with Gasteiger partial charge in [-0.1, -0.05) is 0 Å². The van der Waals surface area contributed by atoms with E-state index in [1.54, 1.807) is 4.90 Å². The smallest absolute Gasteiger partial charge is 0.317 e. The van der Waals surface area contributed by atoms with Crippen molar-refractivity contribution in [3.63, 3.8) is 0 Å². The molecule has 1 saturated heterocycles. The van der Waals surface area contributed by atoms with Crippen LogP contribution in [-0.4, -0.2) is 41.6 Å². The number of hydrogen-bond acceptors (Lipinski definition) is 2. The second-order valence-electron chi connectivity index (χ2n) is 5.28. The topological polar surface area (TPSA) is 69.6 Å². The van der Waals surface area contributed by atoms with E-state index in [2.05, 4.69) is 11.2 Å². The minimum absolute atomic E-state index is 0.0364. The van der Waals surface area contributed by atoms with Gasteiger partial charge in [-0.05, 0) is 38.0 Å². The average molecular weight is 280 g/mol. The van der Waals surface area contributed by atoms with E-state index in [4.69, 9.17) is 11.5 Å². The first-order valence-electron chi connectivity index (χ1n) is 7.31. The Hall–Kier alpha value is -1.70. The SMILES string of the molecule is C#CCCCCNC(=O)N1CCCC(CCC(=O)O)C1. The van der Waals surface area contributed by atoms with Gasteiger partial charge < -0.3 is 15.3 Å². The Kier molecular flexibility index (Phi) is 7.56. The fourth-order valence-corrected chi connectivity index (χ4v) is 2.47. The first-order chi connectivity index (χ1) is 9.63. The summed E-state index contributed by atoms with van der Waals surface area (Å²) in [6.07, 6.45) is 10.5. The van der Waals surface area contributed by atoms with E-state index in [1.807, 2.05) is 0 Å². The van der Waals surface area contributed by atoms with Crippen molar-refractivity contribution in [2.45, 2.75) is 44.9 Å². The van der Waals surface area contributed by atoms with E-state index in [0.29, 0.717) is 25.4 Å². The summed E-state index contributed by atoms with van der Waals surface area (Å²) in [5.41, 5.74) is 0. The van der Waals surface area contributed by atoms with Crippen molar-refractivity contribution in [1.82, 2.24) is 10.2 Å². The number of terminal acetylenes is 1. The van der Waals surface area contributed by atoms with Gasteiger partial charge in [0.2, 0.25) is 0 Å². The Labute approximate surface area is 120 Å². The third-order valence-electron chi connectivity index (χ3n) is 3.60. The van der Waals surface area contributed by atoms with Gasteiger partial charge in [-0.2, -0.15) is 0 Å². The summed E-state index contributed by atoms with van der Waals surface area (Å²) in [7, 11) is 0. The lowest BCUT2D eigenvalue weighted by Gasteiger charge is -2.32. The molecule has 2 amide bonds. The molecular weight excluding hydrogens is 256 g/mol. The molecule has 0 aromatic heterocycles. The predicted molar refractivity (Wildman–Crippen MR) is 77.2 cm³/mol. The monoisotopic (exact) mass is 280 g/mol. The summed E-state index contributed by atoms with van der Waals surface area (Å²) in [4.78, 5) is 24.4. The van der Waals surface area contributed by atoms with Crippen molar-refractivity contribution in [1.29, 1.82) is 0 Å². The van der Waals surface area contributed by atoms with Gasteiger partial charge in [0.25, 0.3) is 0 Å². The lowest BCUT2D eigenvalue weighted by atomic mass is 9.93. The third-order valence-corrected chi connectivity index (χ3v) is 3.60. The lowest BCUT2D eigenvalue weighted by molar-refractivity contribution is -0.137. The highest BCUT2D eigenvalue weighted by atomic mass is 16.4. The highest BCUT2D eigenvalue weighted by Gasteiger charge is 2.23. The van der Waals surface area contributed by atoms with Gasteiger partial charge in [-0.25, -0.2) is 4.79 Å². The van der Waals surface area contributed by atoms with Crippen molar-refractivity contribution >= 4 is 12.0 Å². The lowest BCUT2D eigenvalue weighted by Crippen LogP contribution is -2.45. The van der Waals surface area contributed by atoms with E-state index in [1.165, 1.54) is 0 Å². The summed E-state index contributed by atoms with van der Waals surface area (Å²) >= 11 is 0.